The van der Waals surface area contributed by atoms with E-state index in [1.54, 1.807) is 13.8 Å². The van der Waals surface area contributed by atoms with Gasteiger partial charge in [0.2, 0.25) is 5.91 Å². The molecular weight excluding hydrogens is 194 g/mol. The minimum absolute atomic E-state index is 0.208. The van der Waals surface area contributed by atoms with E-state index in [-0.39, 0.29) is 11.8 Å². The zero-order valence-corrected chi connectivity index (χ0v) is 10.1. The van der Waals surface area contributed by atoms with E-state index >= 15 is 0 Å². The van der Waals surface area contributed by atoms with E-state index in [2.05, 4.69) is 5.32 Å². The lowest BCUT2D eigenvalue weighted by molar-refractivity contribution is -0.121. The van der Waals surface area contributed by atoms with Gasteiger partial charge in [-0.2, -0.15) is 0 Å². The van der Waals surface area contributed by atoms with Crippen molar-refractivity contribution in [3.63, 3.8) is 0 Å². The minimum atomic E-state index is -0.791. The third kappa shape index (κ3) is 7.30. The number of hydrogen-bond acceptors (Lipinski definition) is 4. The van der Waals surface area contributed by atoms with Crippen LogP contribution in [-0.2, 0) is 4.79 Å². The fourth-order valence-electron chi connectivity index (χ4n) is 1.40. The maximum Gasteiger partial charge on any atom is 0.221 e. The molecule has 2 atom stereocenters. The monoisotopic (exact) mass is 217 g/mol. The van der Waals surface area contributed by atoms with Gasteiger partial charge in [0.15, 0.2) is 0 Å². The van der Waals surface area contributed by atoms with Crippen molar-refractivity contribution in [3.8, 4) is 0 Å². The summed E-state index contributed by atoms with van der Waals surface area (Å²) in [5.74, 6) is -0.532. The highest BCUT2D eigenvalue weighted by Crippen LogP contribution is 2.02. The van der Waals surface area contributed by atoms with Crippen molar-refractivity contribution < 1.29 is 9.90 Å². The quantitative estimate of drug-likeness (QED) is 0.511. The van der Waals surface area contributed by atoms with Crippen LogP contribution < -0.4 is 11.1 Å². The normalized spacial score (nSPS) is 17.5. The molecule has 0 aromatic heterocycles. The van der Waals surface area contributed by atoms with Crippen molar-refractivity contribution in [3.05, 3.63) is 0 Å². The Kier molecular flexibility index (Phi) is 5.79. The van der Waals surface area contributed by atoms with E-state index in [4.69, 9.17) is 5.73 Å². The van der Waals surface area contributed by atoms with Crippen molar-refractivity contribution in [2.75, 3.05) is 33.7 Å². The molecule has 2 unspecified atom stereocenters. The minimum Gasteiger partial charge on any atom is -0.388 e. The van der Waals surface area contributed by atoms with Crippen molar-refractivity contribution >= 4 is 5.91 Å². The summed E-state index contributed by atoms with van der Waals surface area (Å²) in [5, 5.41) is 13.0. The van der Waals surface area contributed by atoms with Gasteiger partial charge in [0.05, 0.1) is 5.60 Å². The second kappa shape index (κ2) is 6.05. The third-order valence-electron chi connectivity index (χ3n) is 2.10. The first-order valence-electron chi connectivity index (χ1n) is 5.12. The molecule has 15 heavy (non-hydrogen) atoms. The number of nitrogens with one attached hydrogen (secondary N) is 1. The highest BCUT2D eigenvalue weighted by molar-refractivity contribution is 5.76. The first-order valence-corrected chi connectivity index (χ1v) is 5.12. The Balaban J connectivity index is 3.79. The van der Waals surface area contributed by atoms with Crippen molar-refractivity contribution in [2.24, 2.45) is 11.7 Å². The van der Waals surface area contributed by atoms with Crippen LogP contribution in [0.5, 0.6) is 0 Å². The van der Waals surface area contributed by atoms with Gasteiger partial charge < -0.3 is 21.1 Å². The highest BCUT2D eigenvalue weighted by Gasteiger charge is 2.21. The molecule has 0 aliphatic carbocycles. The molecule has 5 heteroatoms. The lowest BCUT2D eigenvalue weighted by Gasteiger charge is -2.27. The fraction of sp³-hybridized carbons (Fsp3) is 0.900. The van der Waals surface area contributed by atoms with Crippen LogP contribution in [0.4, 0.5) is 0 Å². The summed E-state index contributed by atoms with van der Waals surface area (Å²) in [5.41, 5.74) is 4.33. The van der Waals surface area contributed by atoms with Gasteiger partial charge in [-0.15, -0.1) is 0 Å². The molecule has 0 aromatic rings. The summed E-state index contributed by atoms with van der Waals surface area (Å²) in [6.07, 6.45) is 0. The van der Waals surface area contributed by atoms with Crippen LogP contribution in [0.1, 0.15) is 13.8 Å². The maximum atomic E-state index is 10.7. The molecular formula is C10H23N3O2. The number of carbonyl (C=O) groups excluding carboxylic acids is 1. The van der Waals surface area contributed by atoms with Gasteiger partial charge in [-0.1, -0.05) is 6.92 Å². The van der Waals surface area contributed by atoms with Crippen molar-refractivity contribution in [1.29, 1.82) is 0 Å². The second-order valence-electron chi connectivity index (χ2n) is 4.67. The van der Waals surface area contributed by atoms with Gasteiger partial charge in [0.25, 0.3) is 0 Å². The van der Waals surface area contributed by atoms with Crippen molar-refractivity contribution in [2.45, 2.75) is 19.4 Å². The number of nitrogens with two attached hydrogens (primary N) is 1. The predicted molar refractivity (Wildman–Crippen MR) is 60.4 cm³/mol. The molecule has 0 fully saturated rings. The number of aliphatic hydroxyl groups is 1. The molecule has 4 N–H and O–H groups in total. The van der Waals surface area contributed by atoms with Crippen LogP contribution in [0.15, 0.2) is 0 Å². The van der Waals surface area contributed by atoms with Gasteiger partial charge in [-0.05, 0) is 21.0 Å². The Bertz CT molecular complexity index is 205. The molecule has 0 aliphatic rings. The van der Waals surface area contributed by atoms with E-state index in [0.717, 1.165) is 0 Å². The van der Waals surface area contributed by atoms with E-state index in [1.165, 1.54) is 0 Å². The third-order valence-corrected chi connectivity index (χ3v) is 2.10. The lowest BCUT2D eigenvalue weighted by Crippen LogP contribution is -2.47. The zero-order chi connectivity index (χ0) is 12.1. The van der Waals surface area contributed by atoms with Gasteiger partial charge in [0, 0.05) is 25.6 Å². The van der Waals surface area contributed by atoms with E-state index in [9.17, 15) is 9.90 Å². The van der Waals surface area contributed by atoms with E-state index in [1.807, 2.05) is 19.0 Å². The molecule has 1 amide bonds. The standard InChI is InChI=1S/C10H23N3O2/c1-8(9(11)14)5-12-6-10(2,15)7-13(3)4/h8,12,15H,5-7H2,1-4H3,(H2,11,14). The van der Waals surface area contributed by atoms with Crippen LogP contribution in [-0.4, -0.2) is 55.2 Å². The Labute approximate surface area is 91.6 Å². The van der Waals surface area contributed by atoms with Crippen molar-refractivity contribution in [1.82, 2.24) is 10.2 Å². The molecule has 0 aliphatic heterocycles. The smallest absolute Gasteiger partial charge is 0.221 e. The molecule has 0 rings (SSSR count). The molecule has 0 bridgehead atoms. The molecule has 0 spiro atoms. The van der Waals surface area contributed by atoms with Crippen LogP contribution in [0.25, 0.3) is 0 Å². The summed E-state index contributed by atoms with van der Waals surface area (Å²) in [7, 11) is 3.81. The van der Waals surface area contributed by atoms with Crippen LogP contribution in [0.2, 0.25) is 0 Å². The molecule has 0 heterocycles. The largest absolute Gasteiger partial charge is 0.388 e. The summed E-state index contributed by atoms with van der Waals surface area (Å²) in [4.78, 5) is 12.7. The van der Waals surface area contributed by atoms with E-state index < -0.39 is 5.60 Å². The number of likely N-dealkylation sites (N-methyl/N-ethyl adjacent to an activating group) is 1. The number of nitrogens with zero attached hydrogens (tertiary/aromatic N) is 1. The first kappa shape index (κ1) is 14.3. The molecule has 0 aromatic carbocycles. The summed E-state index contributed by atoms with van der Waals surface area (Å²) in [6, 6.07) is 0. The Morgan fingerprint density at radius 3 is 2.53 bits per heavy atom. The van der Waals surface area contributed by atoms with E-state index in [0.29, 0.717) is 19.6 Å². The topological polar surface area (TPSA) is 78.6 Å². The average molecular weight is 217 g/mol. The Morgan fingerprint density at radius 2 is 2.13 bits per heavy atom. The predicted octanol–water partition coefficient (Wildman–Crippen LogP) is -0.990. The molecule has 90 valence electrons. The summed E-state index contributed by atoms with van der Waals surface area (Å²) >= 11 is 0. The Morgan fingerprint density at radius 1 is 1.60 bits per heavy atom. The first-order chi connectivity index (χ1) is 6.74. The lowest BCUT2D eigenvalue weighted by atomic mass is 10.1. The van der Waals surface area contributed by atoms with Gasteiger partial charge in [-0.25, -0.2) is 0 Å². The number of amides is 1. The molecule has 0 saturated heterocycles. The Hall–Kier alpha value is -0.650. The van der Waals surface area contributed by atoms with Crippen LogP contribution in [0, 0.1) is 5.92 Å². The van der Waals surface area contributed by atoms with Gasteiger partial charge in [0.1, 0.15) is 0 Å². The highest BCUT2D eigenvalue weighted by atomic mass is 16.3. The fourth-order valence-corrected chi connectivity index (χ4v) is 1.40. The maximum absolute atomic E-state index is 10.7. The van der Waals surface area contributed by atoms with Gasteiger partial charge in [-0.3, -0.25) is 4.79 Å². The number of rotatable bonds is 7. The molecule has 0 saturated carbocycles. The molecule has 0 radical (unpaired) electrons. The van der Waals surface area contributed by atoms with Crippen LogP contribution in [0.3, 0.4) is 0 Å². The van der Waals surface area contributed by atoms with Crippen LogP contribution >= 0.6 is 0 Å². The van der Waals surface area contributed by atoms with Gasteiger partial charge >= 0.3 is 0 Å². The zero-order valence-electron chi connectivity index (χ0n) is 10.1. The number of carbonyl (C=O) groups is 1. The number of primary amides is 1. The SMILES string of the molecule is CC(CNCC(C)(O)CN(C)C)C(N)=O. The average Bonchev–Trinajstić information content (AvgIpc) is 2.00. The number of hydrogen-bond donors (Lipinski definition) is 3. The summed E-state index contributed by atoms with van der Waals surface area (Å²) in [6.45, 7) is 5.04. The summed E-state index contributed by atoms with van der Waals surface area (Å²) < 4.78 is 0. The second-order valence-corrected chi connectivity index (χ2v) is 4.67. The molecule has 5 nitrogen and oxygen atoms in total.